The van der Waals surface area contributed by atoms with E-state index in [-0.39, 0.29) is 5.56 Å². The smallest absolute Gasteiger partial charge is 0.383 e. The second kappa shape index (κ2) is 11.5. The standard InChI is InChI=1S/C30H28F3N5O4/c31-30(32,33)29(40)42-28(39)21-7-5-20(6-8-21)26-24(12-11-22-10-9-19-3-1-2-4-23(19)35-22)36-27-25(13-14-34-38(26)27)37-15-17-41-18-16-37/h5-10,13-14H,1-4,11-12,15-18H2. The number of pyridine rings is 1. The van der Waals surface area contributed by atoms with E-state index in [0.717, 1.165) is 42.0 Å². The number of fused-ring (bicyclic) bond motifs is 2. The van der Waals surface area contributed by atoms with E-state index in [4.69, 9.17) is 14.7 Å². The van der Waals surface area contributed by atoms with Gasteiger partial charge < -0.3 is 14.4 Å². The maximum Gasteiger partial charge on any atom is 0.491 e. The van der Waals surface area contributed by atoms with Crippen LogP contribution < -0.4 is 4.90 Å². The summed E-state index contributed by atoms with van der Waals surface area (Å²) in [5.74, 6) is -3.94. The highest BCUT2D eigenvalue weighted by Gasteiger charge is 2.42. The molecular weight excluding hydrogens is 551 g/mol. The van der Waals surface area contributed by atoms with Crippen molar-refractivity contribution in [1.82, 2.24) is 19.6 Å². The third kappa shape index (κ3) is 5.71. The van der Waals surface area contributed by atoms with Crippen molar-refractivity contribution in [3.63, 3.8) is 0 Å². The maximum absolute atomic E-state index is 12.6. The van der Waals surface area contributed by atoms with E-state index in [1.807, 2.05) is 6.07 Å². The van der Waals surface area contributed by atoms with E-state index in [9.17, 15) is 22.8 Å². The zero-order chi connectivity index (χ0) is 29.3. The summed E-state index contributed by atoms with van der Waals surface area (Å²) in [5, 5.41) is 4.59. The summed E-state index contributed by atoms with van der Waals surface area (Å²) in [5.41, 5.74) is 6.97. The number of carbonyl (C=O) groups excluding carboxylic acids is 2. The lowest BCUT2D eigenvalue weighted by Gasteiger charge is -2.28. The molecule has 0 radical (unpaired) electrons. The molecule has 0 N–H and O–H groups in total. The van der Waals surface area contributed by atoms with Crippen LogP contribution in [-0.2, 0) is 40.0 Å². The molecular formula is C30H28F3N5O4. The Morgan fingerprint density at radius 3 is 2.45 bits per heavy atom. The van der Waals surface area contributed by atoms with Crippen LogP contribution in [0.2, 0.25) is 0 Å². The molecule has 0 spiro atoms. The number of anilines is 1. The first-order chi connectivity index (χ1) is 20.3. The number of morpholine rings is 1. The van der Waals surface area contributed by atoms with E-state index < -0.39 is 18.1 Å². The first-order valence-electron chi connectivity index (χ1n) is 13.9. The molecule has 0 bridgehead atoms. The first kappa shape index (κ1) is 27.8. The Bertz CT molecular complexity index is 1630. The van der Waals surface area contributed by atoms with Crippen LogP contribution in [0.4, 0.5) is 18.9 Å². The van der Waals surface area contributed by atoms with Crippen LogP contribution in [0.25, 0.3) is 16.9 Å². The number of aryl methyl sites for hydroxylation is 4. The fraction of sp³-hybridized carbons (Fsp3) is 0.367. The largest absolute Gasteiger partial charge is 0.491 e. The molecule has 218 valence electrons. The number of rotatable bonds is 6. The van der Waals surface area contributed by atoms with Gasteiger partial charge in [-0.3, -0.25) is 4.98 Å². The van der Waals surface area contributed by atoms with Gasteiger partial charge in [0.1, 0.15) is 0 Å². The molecule has 3 aromatic heterocycles. The fourth-order valence-corrected chi connectivity index (χ4v) is 5.47. The number of alkyl halides is 3. The minimum Gasteiger partial charge on any atom is -0.383 e. The highest BCUT2D eigenvalue weighted by molar-refractivity contribution is 5.98. The van der Waals surface area contributed by atoms with Crippen LogP contribution in [0.3, 0.4) is 0 Å². The van der Waals surface area contributed by atoms with E-state index >= 15 is 0 Å². The van der Waals surface area contributed by atoms with E-state index in [1.165, 1.54) is 24.1 Å². The van der Waals surface area contributed by atoms with Crippen molar-refractivity contribution in [3.05, 3.63) is 76.9 Å². The molecule has 1 saturated heterocycles. The molecule has 1 fully saturated rings. The summed E-state index contributed by atoms with van der Waals surface area (Å²) < 4.78 is 48.9. The van der Waals surface area contributed by atoms with Gasteiger partial charge in [0.05, 0.1) is 42.0 Å². The van der Waals surface area contributed by atoms with Crippen molar-refractivity contribution in [1.29, 1.82) is 0 Å². The lowest BCUT2D eigenvalue weighted by Crippen LogP contribution is -2.36. The summed E-state index contributed by atoms with van der Waals surface area (Å²) in [6.45, 7) is 2.63. The zero-order valence-corrected chi connectivity index (χ0v) is 22.7. The van der Waals surface area contributed by atoms with E-state index in [2.05, 4.69) is 26.9 Å². The predicted molar refractivity (Wildman–Crippen MR) is 146 cm³/mol. The molecule has 1 aliphatic heterocycles. The molecule has 1 aliphatic carbocycles. The van der Waals surface area contributed by atoms with Crippen LogP contribution in [0.15, 0.2) is 48.7 Å². The molecule has 6 rings (SSSR count). The number of ether oxygens (including phenoxy) is 2. The van der Waals surface area contributed by atoms with Crippen molar-refractivity contribution < 1.29 is 32.2 Å². The van der Waals surface area contributed by atoms with Crippen molar-refractivity contribution in [3.8, 4) is 11.3 Å². The highest BCUT2D eigenvalue weighted by atomic mass is 19.4. The van der Waals surface area contributed by atoms with Gasteiger partial charge in [0.2, 0.25) is 0 Å². The SMILES string of the molecule is O=C(OC(=O)C(F)(F)F)c1ccc(-c2c(CCc3ccc4c(n3)CCCC4)nc3c(N4CCOCC4)ccnn23)cc1. The minimum absolute atomic E-state index is 0.188. The number of halogens is 3. The molecule has 1 aromatic carbocycles. The average Bonchev–Trinajstić information content (AvgIpc) is 3.38. The second-order valence-electron chi connectivity index (χ2n) is 10.3. The summed E-state index contributed by atoms with van der Waals surface area (Å²) >= 11 is 0. The number of hydrogen-bond donors (Lipinski definition) is 0. The van der Waals surface area contributed by atoms with Gasteiger partial charge in [-0.2, -0.15) is 18.3 Å². The Kier molecular flexibility index (Phi) is 7.63. The molecule has 42 heavy (non-hydrogen) atoms. The van der Waals surface area contributed by atoms with Crippen LogP contribution in [0.1, 0.15) is 45.8 Å². The van der Waals surface area contributed by atoms with Gasteiger partial charge in [-0.15, -0.1) is 0 Å². The minimum atomic E-state index is -5.27. The second-order valence-corrected chi connectivity index (χ2v) is 10.3. The lowest BCUT2D eigenvalue weighted by molar-refractivity contribution is -0.193. The number of carbonyl (C=O) groups is 2. The summed E-state index contributed by atoms with van der Waals surface area (Å²) in [7, 11) is 0. The third-order valence-electron chi connectivity index (χ3n) is 7.59. The Labute approximate surface area is 239 Å². The number of aromatic nitrogens is 4. The highest BCUT2D eigenvalue weighted by Crippen LogP contribution is 2.31. The Morgan fingerprint density at radius 1 is 0.929 bits per heavy atom. The molecule has 2 aliphatic rings. The van der Waals surface area contributed by atoms with Gasteiger partial charge in [0.15, 0.2) is 5.65 Å². The Hall–Kier alpha value is -4.32. The average molecular weight is 580 g/mol. The molecule has 4 heterocycles. The summed E-state index contributed by atoms with van der Waals surface area (Å²) in [6.07, 6.45) is 2.03. The van der Waals surface area contributed by atoms with Gasteiger partial charge in [0, 0.05) is 30.0 Å². The van der Waals surface area contributed by atoms with Crippen molar-refractivity contribution in [2.24, 2.45) is 0 Å². The molecule has 4 aromatic rings. The van der Waals surface area contributed by atoms with Crippen LogP contribution in [0, 0.1) is 0 Å². The Morgan fingerprint density at radius 2 is 1.69 bits per heavy atom. The predicted octanol–water partition coefficient (Wildman–Crippen LogP) is 4.54. The fourth-order valence-electron chi connectivity index (χ4n) is 5.47. The van der Waals surface area contributed by atoms with E-state index in [0.29, 0.717) is 56.0 Å². The van der Waals surface area contributed by atoms with Crippen molar-refractivity contribution >= 4 is 23.3 Å². The van der Waals surface area contributed by atoms with Crippen molar-refractivity contribution in [2.75, 3.05) is 31.2 Å². The topological polar surface area (TPSA) is 98.9 Å². The molecule has 0 saturated carbocycles. The van der Waals surface area contributed by atoms with Crippen LogP contribution in [-0.4, -0.2) is 64.0 Å². The quantitative estimate of drug-likeness (QED) is 0.243. The zero-order valence-electron chi connectivity index (χ0n) is 22.7. The van der Waals surface area contributed by atoms with Gasteiger partial charge in [0.25, 0.3) is 0 Å². The number of imidazole rings is 1. The molecule has 0 unspecified atom stereocenters. The molecule has 0 atom stereocenters. The molecule has 0 amide bonds. The normalized spacial score (nSPS) is 15.5. The lowest BCUT2D eigenvalue weighted by atomic mass is 9.95. The Balaban J connectivity index is 1.34. The number of hydrogen-bond acceptors (Lipinski definition) is 8. The maximum atomic E-state index is 12.6. The number of benzene rings is 1. The number of nitrogens with zero attached hydrogens (tertiary/aromatic N) is 5. The first-order valence-corrected chi connectivity index (χ1v) is 13.9. The van der Waals surface area contributed by atoms with Gasteiger partial charge in [-0.1, -0.05) is 18.2 Å². The van der Waals surface area contributed by atoms with Gasteiger partial charge in [-0.05, 0) is 68.4 Å². The summed E-state index contributed by atoms with van der Waals surface area (Å²) in [6, 6.07) is 12.0. The summed E-state index contributed by atoms with van der Waals surface area (Å²) in [4.78, 5) is 35.4. The van der Waals surface area contributed by atoms with Crippen LogP contribution >= 0.6 is 0 Å². The van der Waals surface area contributed by atoms with E-state index in [1.54, 1.807) is 22.8 Å². The molecule has 12 heteroatoms. The van der Waals surface area contributed by atoms with Crippen molar-refractivity contribution in [2.45, 2.75) is 44.7 Å². The van der Waals surface area contributed by atoms with Crippen LogP contribution in [0.5, 0.6) is 0 Å². The number of esters is 2. The third-order valence-corrected chi connectivity index (χ3v) is 7.59. The molecule has 9 nitrogen and oxygen atoms in total. The monoisotopic (exact) mass is 579 g/mol. The van der Waals surface area contributed by atoms with Gasteiger partial charge in [-0.25, -0.2) is 19.1 Å². The van der Waals surface area contributed by atoms with Gasteiger partial charge >= 0.3 is 18.1 Å².